The van der Waals surface area contributed by atoms with Gasteiger partial charge in [-0.3, -0.25) is 9.48 Å². The van der Waals surface area contributed by atoms with Crippen molar-refractivity contribution in [3.05, 3.63) is 53.0 Å². The van der Waals surface area contributed by atoms with Crippen LogP contribution in [0.15, 0.2) is 30.5 Å². The zero-order chi connectivity index (χ0) is 19.3. The minimum atomic E-state index is 0.0790. The van der Waals surface area contributed by atoms with Crippen molar-refractivity contribution in [2.45, 2.75) is 52.2 Å². The molecule has 0 bridgehead atoms. The van der Waals surface area contributed by atoms with Crippen molar-refractivity contribution in [1.29, 1.82) is 0 Å². The number of H-pyrrole nitrogens is 1. The molecule has 6 heteroatoms. The molecule has 0 spiro atoms. The molecule has 3 heterocycles. The highest BCUT2D eigenvalue weighted by molar-refractivity contribution is 5.83. The Morgan fingerprint density at radius 2 is 2.21 bits per heavy atom. The Labute approximate surface area is 165 Å². The second-order valence-electron chi connectivity index (χ2n) is 7.36. The Bertz CT molecular complexity index is 957. The largest absolute Gasteiger partial charge is 0.376 e. The van der Waals surface area contributed by atoms with E-state index in [0.29, 0.717) is 26.0 Å². The van der Waals surface area contributed by atoms with Gasteiger partial charge in [0, 0.05) is 60.7 Å². The number of hydrogen-bond acceptors (Lipinski definition) is 3. The molecular weight excluding hydrogens is 352 g/mol. The Hall–Kier alpha value is -2.60. The van der Waals surface area contributed by atoms with E-state index in [9.17, 15) is 4.79 Å². The number of benzene rings is 1. The van der Waals surface area contributed by atoms with Crippen LogP contribution < -0.4 is 5.32 Å². The molecule has 0 atom stereocenters. The van der Waals surface area contributed by atoms with Gasteiger partial charge >= 0.3 is 0 Å². The van der Waals surface area contributed by atoms with E-state index in [1.54, 1.807) is 0 Å². The van der Waals surface area contributed by atoms with Gasteiger partial charge in [-0.1, -0.05) is 25.1 Å². The molecule has 4 rings (SSSR count). The summed E-state index contributed by atoms with van der Waals surface area (Å²) in [5, 5.41) is 9.04. The Morgan fingerprint density at radius 1 is 1.32 bits per heavy atom. The van der Waals surface area contributed by atoms with Crippen LogP contribution in [0.4, 0.5) is 0 Å². The van der Waals surface area contributed by atoms with Gasteiger partial charge < -0.3 is 15.0 Å². The highest BCUT2D eigenvalue weighted by atomic mass is 16.5. The van der Waals surface area contributed by atoms with Gasteiger partial charge in [0.25, 0.3) is 0 Å². The third-order valence-corrected chi connectivity index (χ3v) is 5.39. The molecule has 0 radical (unpaired) electrons. The lowest BCUT2D eigenvalue weighted by molar-refractivity contribution is -0.121. The summed E-state index contributed by atoms with van der Waals surface area (Å²) in [4.78, 5) is 15.6. The summed E-state index contributed by atoms with van der Waals surface area (Å²) >= 11 is 0. The number of aromatic amines is 1. The summed E-state index contributed by atoms with van der Waals surface area (Å²) in [6, 6.07) is 8.25. The zero-order valence-electron chi connectivity index (χ0n) is 16.5. The minimum absolute atomic E-state index is 0.0790. The lowest BCUT2D eigenvalue weighted by Crippen LogP contribution is -2.26. The van der Waals surface area contributed by atoms with Crippen molar-refractivity contribution in [2.24, 2.45) is 0 Å². The van der Waals surface area contributed by atoms with Gasteiger partial charge in [-0.15, -0.1) is 0 Å². The van der Waals surface area contributed by atoms with E-state index in [1.165, 1.54) is 22.2 Å². The summed E-state index contributed by atoms with van der Waals surface area (Å²) in [5.41, 5.74) is 5.89. The van der Waals surface area contributed by atoms with E-state index >= 15 is 0 Å². The van der Waals surface area contributed by atoms with Crippen LogP contribution in [0.3, 0.4) is 0 Å². The SMILES string of the molecule is CCCn1nc(CCC(=O)NCCc2c[nH]c3ccccc23)c2c1CCOC2. The molecule has 0 unspecified atom stereocenters. The molecule has 1 aromatic carbocycles. The van der Waals surface area contributed by atoms with Crippen LogP contribution >= 0.6 is 0 Å². The maximum atomic E-state index is 12.3. The van der Waals surface area contributed by atoms with Crippen LogP contribution in [-0.4, -0.2) is 33.8 Å². The molecule has 28 heavy (non-hydrogen) atoms. The smallest absolute Gasteiger partial charge is 0.220 e. The fourth-order valence-electron chi connectivity index (χ4n) is 3.97. The molecule has 2 aromatic heterocycles. The van der Waals surface area contributed by atoms with Gasteiger partial charge in [0.2, 0.25) is 5.91 Å². The number of nitrogens with one attached hydrogen (secondary N) is 2. The van der Waals surface area contributed by atoms with Gasteiger partial charge in [0.1, 0.15) is 0 Å². The topological polar surface area (TPSA) is 71.9 Å². The monoisotopic (exact) mass is 380 g/mol. The van der Waals surface area contributed by atoms with Crippen LogP contribution in [0.1, 0.15) is 42.3 Å². The summed E-state index contributed by atoms with van der Waals surface area (Å²) < 4.78 is 7.73. The average Bonchev–Trinajstić information content (AvgIpc) is 3.29. The van der Waals surface area contributed by atoms with Crippen molar-refractivity contribution >= 4 is 16.8 Å². The molecule has 0 fully saturated rings. The Kier molecular flexibility index (Phi) is 5.76. The maximum Gasteiger partial charge on any atom is 0.220 e. The molecule has 0 saturated heterocycles. The number of aryl methyl sites for hydroxylation is 2. The van der Waals surface area contributed by atoms with Gasteiger partial charge in [-0.05, 0) is 24.5 Å². The summed E-state index contributed by atoms with van der Waals surface area (Å²) in [7, 11) is 0. The van der Waals surface area contributed by atoms with Crippen LogP contribution in [0.5, 0.6) is 0 Å². The number of ether oxygens (including phenoxy) is 1. The lowest BCUT2D eigenvalue weighted by atomic mass is 10.1. The lowest BCUT2D eigenvalue weighted by Gasteiger charge is -2.14. The zero-order valence-corrected chi connectivity index (χ0v) is 16.5. The van der Waals surface area contributed by atoms with Gasteiger partial charge in [-0.25, -0.2) is 0 Å². The molecule has 2 N–H and O–H groups in total. The van der Waals surface area contributed by atoms with Crippen molar-refractivity contribution in [1.82, 2.24) is 20.1 Å². The first-order valence-corrected chi connectivity index (χ1v) is 10.2. The fourth-order valence-corrected chi connectivity index (χ4v) is 3.97. The van der Waals surface area contributed by atoms with Crippen molar-refractivity contribution < 1.29 is 9.53 Å². The number of para-hydroxylation sites is 1. The van der Waals surface area contributed by atoms with Crippen molar-refractivity contribution in [3.8, 4) is 0 Å². The molecule has 0 saturated carbocycles. The van der Waals surface area contributed by atoms with E-state index in [4.69, 9.17) is 9.84 Å². The van der Waals surface area contributed by atoms with Crippen LogP contribution in [-0.2, 0) is 41.9 Å². The summed E-state index contributed by atoms with van der Waals surface area (Å²) in [5.74, 6) is 0.0790. The van der Waals surface area contributed by atoms with E-state index in [2.05, 4.69) is 34.0 Å². The van der Waals surface area contributed by atoms with Crippen molar-refractivity contribution in [2.75, 3.05) is 13.2 Å². The molecule has 148 valence electrons. The molecule has 1 amide bonds. The van der Waals surface area contributed by atoms with Crippen LogP contribution in [0.25, 0.3) is 10.9 Å². The molecule has 1 aliphatic rings. The number of carbonyl (C=O) groups excluding carboxylic acids is 1. The Balaban J connectivity index is 1.30. The number of fused-ring (bicyclic) bond motifs is 2. The third-order valence-electron chi connectivity index (χ3n) is 5.39. The second-order valence-corrected chi connectivity index (χ2v) is 7.36. The first-order valence-electron chi connectivity index (χ1n) is 10.2. The van der Waals surface area contributed by atoms with Crippen LogP contribution in [0, 0.1) is 0 Å². The molecule has 1 aliphatic heterocycles. The number of nitrogens with zero attached hydrogens (tertiary/aromatic N) is 2. The number of carbonyl (C=O) groups is 1. The first kappa shape index (κ1) is 18.7. The Morgan fingerprint density at radius 3 is 3.11 bits per heavy atom. The highest BCUT2D eigenvalue weighted by Crippen LogP contribution is 2.22. The highest BCUT2D eigenvalue weighted by Gasteiger charge is 2.21. The fraction of sp³-hybridized carbons (Fsp3) is 0.455. The third kappa shape index (κ3) is 3.97. The predicted molar refractivity (Wildman–Crippen MR) is 109 cm³/mol. The number of rotatable bonds is 8. The summed E-state index contributed by atoms with van der Waals surface area (Å²) in [6.07, 6.45) is 5.96. The summed E-state index contributed by atoms with van der Waals surface area (Å²) in [6.45, 7) is 5.12. The number of amides is 1. The number of hydrogen-bond donors (Lipinski definition) is 2. The van der Waals surface area contributed by atoms with Crippen LogP contribution in [0.2, 0.25) is 0 Å². The standard InChI is InChI=1S/C22H28N4O2/c1-2-12-26-21-10-13-28-15-18(21)20(25-26)7-8-22(27)23-11-9-16-14-24-19-6-4-3-5-17(16)19/h3-6,14,24H,2,7-13,15H2,1H3,(H,23,27). The van der Waals surface area contributed by atoms with Crippen molar-refractivity contribution in [3.63, 3.8) is 0 Å². The van der Waals surface area contributed by atoms with E-state index in [0.717, 1.165) is 43.6 Å². The maximum absolute atomic E-state index is 12.3. The normalized spacial score (nSPS) is 13.6. The quantitative estimate of drug-likeness (QED) is 0.631. The van der Waals surface area contributed by atoms with Gasteiger partial charge in [0.05, 0.1) is 18.9 Å². The van der Waals surface area contributed by atoms with E-state index in [1.807, 2.05) is 18.3 Å². The predicted octanol–water partition coefficient (Wildman–Crippen LogP) is 3.14. The molecule has 0 aliphatic carbocycles. The van der Waals surface area contributed by atoms with Gasteiger partial charge in [0.15, 0.2) is 0 Å². The average molecular weight is 380 g/mol. The minimum Gasteiger partial charge on any atom is -0.376 e. The molecule has 6 nitrogen and oxygen atoms in total. The molecule has 3 aromatic rings. The number of aromatic nitrogens is 3. The van der Waals surface area contributed by atoms with Gasteiger partial charge in [-0.2, -0.15) is 5.10 Å². The first-order chi connectivity index (χ1) is 13.8. The van der Waals surface area contributed by atoms with E-state index in [-0.39, 0.29) is 5.91 Å². The van der Waals surface area contributed by atoms with E-state index < -0.39 is 0 Å². The second kappa shape index (κ2) is 8.61. The molecular formula is C22H28N4O2.